The van der Waals surface area contributed by atoms with E-state index in [1.807, 2.05) is 18.2 Å². The van der Waals surface area contributed by atoms with Crippen molar-refractivity contribution in [2.75, 3.05) is 13.6 Å². The van der Waals surface area contributed by atoms with Crippen LogP contribution in [0.1, 0.15) is 12.5 Å². The van der Waals surface area contributed by atoms with Gasteiger partial charge in [-0.1, -0.05) is 55.5 Å². The van der Waals surface area contributed by atoms with E-state index in [1.54, 1.807) is 30.3 Å². The predicted molar refractivity (Wildman–Crippen MR) is 94.6 cm³/mol. The van der Waals surface area contributed by atoms with Crippen LogP contribution < -0.4 is 5.32 Å². The molecule has 1 aliphatic heterocycles. The number of likely N-dealkylation sites (tertiary alicyclic amines) is 1. The third-order valence-corrected chi connectivity index (χ3v) is 5.09. The second-order valence-electron chi connectivity index (χ2n) is 6.65. The molecule has 6 heteroatoms. The van der Waals surface area contributed by atoms with Crippen molar-refractivity contribution in [1.29, 1.82) is 0 Å². The van der Waals surface area contributed by atoms with Gasteiger partial charge in [-0.3, -0.25) is 0 Å². The summed E-state index contributed by atoms with van der Waals surface area (Å²) in [6, 6.07) is 12.7. The highest BCUT2D eigenvalue weighted by Crippen LogP contribution is 2.39. The van der Waals surface area contributed by atoms with Crippen LogP contribution in [0.3, 0.4) is 0 Å². The van der Waals surface area contributed by atoms with Gasteiger partial charge in [0.2, 0.25) is 0 Å². The first-order chi connectivity index (χ1) is 12.3. The van der Waals surface area contributed by atoms with Crippen LogP contribution in [0.15, 0.2) is 48.5 Å². The number of nitrogens with zero attached hydrogens (tertiary/aromatic N) is 1. The fraction of sp³-hybridized carbons (Fsp3) is 0.350. The molecule has 26 heavy (non-hydrogen) atoms. The van der Waals surface area contributed by atoms with Crippen LogP contribution in [0.5, 0.6) is 0 Å². The third-order valence-electron chi connectivity index (χ3n) is 5.09. The molecule has 1 heterocycles. The van der Waals surface area contributed by atoms with Gasteiger partial charge in [0.1, 0.15) is 5.82 Å². The number of urea groups is 1. The van der Waals surface area contributed by atoms with Crippen LogP contribution in [-0.4, -0.2) is 36.5 Å². The van der Waals surface area contributed by atoms with Gasteiger partial charge in [0, 0.05) is 24.6 Å². The molecule has 1 saturated heterocycles. The molecule has 3 rings (SSSR count). The Morgan fingerprint density at radius 2 is 1.88 bits per heavy atom. The van der Waals surface area contributed by atoms with Gasteiger partial charge in [-0.2, -0.15) is 0 Å². The maximum absolute atomic E-state index is 15.0. The summed E-state index contributed by atoms with van der Waals surface area (Å²) in [5.41, 5.74) is 1.47. The molecule has 1 fully saturated rings. The number of rotatable bonds is 3. The molecule has 2 amide bonds. The van der Waals surface area contributed by atoms with Gasteiger partial charge in [0.25, 0.3) is 5.92 Å². The van der Waals surface area contributed by atoms with E-state index in [2.05, 4.69) is 5.32 Å². The van der Waals surface area contributed by atoms with Gasteiger partial charge in [-0.05, 0) is 17.5 Å². The molecule has 138 valence electrons. The second-order valence-corrected chi connectivity index (χ2v) is 6.65. The molecule has 2 aromatic rings. The predicted octanol–water partition coefficient (Wildman–Crippen LogP) is 4.33. The largest absolute Gasteiger partial charge is 0.341 e. The Bertz CT molecular complexity index is 795. The van der Waals surface area contributed by atoms with Crippen LogP contribution in [0.2, 0.25) is 0 Å². The molecule has 0 radical (unpaired) electrons. The summed E-state index contributed by atoms with van der Waals surface area (Å²) in [7, 11) is 1.40. The highest BCUT2D eigenvalue weighted by molar-refractivity contribution is 5.75. The number of hydrogen-bond acceptors (Lipinski definition) is 1. The average Bonchev–Trinajstić information content (AvgIpc) is 2.87. The monoisotopic (exact) mass is 362 g/mol. The summed E-state index contributed by atoms with van der Waals surface area (Å²) in [5.74, 6) is -4.48. The van der Waals surface area contributed by atoms with Crippen molar-refractivity contribution >= 4 is 6.03 Å². The number of carbonyl (C=O) groups excluding carboxylic acids is 1. The van der Waals surface area contributed by atoms with Crippen LogP contribution in [0.4, 0.5) is 18.0 Å². The zero-order valence-electron chi connectivity index (χ0n) is 14.7. The van der Waals surface area contributed by atoms with E-state index in [1.165, 1.54) is 14.0 Å². The van der Waals surface area contributed by atoms with Crippen LogP contribution in [0, 0.1) is 11.7 Å². The van der Waals surface area contributed by atoms with Crippen molar-refractivity contribution in [3.8, 4) is 11.1 Å². The first-order valence-electron chi connectivity index (χ1n) is 8.54. The molecule has 0 bridgehead atoms. The highest BCUT2D eigenvalue weighted by Gasteiger charge is 2.53. The standard InChI is InChI=1S/C20H21F3N2O/c1-13-17(25(19(26)24-2)12-20(13,22)23)11-15-9-6-10-16(18(15)21)14-7-4-3-5-8-14/h3-10,13,17H,11-12H2,1-2H3,(H,24,26)/t13-,17+/m1/s1. The molecule has 0 spiro atoms. The lowest BCUT2D eigenvalue weighted by atomic mass is 9.92. The average molecular weight is 362 g/mol. The van der Waals surface area contributed by atoms with Crippen molar-refractivity contribution in [1.82, 2.24) is 10.2 Å². The minimum Gasteiger partial charge on any atom is -0.341 e. The van der Waals surface area contributed by atoms with Crippen molar-refractivity contribution in [3.05, 3.63) is 59.9 Å². The molecule has 1 aliphatic rings. The summed E-state index contributed by atoms with van der Waals surface area (Å²) in [5, 5.41) is 2.39. The SMILES string of the molecule is CNC(=O)N1CC(F)(F)[C@H](C)[C@@H]1Cc1cccc(-c2ccccc2)c1F. The van der Waals surface area contributed by atoms with Crippen LogP contribution in [-0.2, 0) is 6.42 Å². The van der Waals surface area contributed by atoms with Crippen molar-refractivity contribution < 1.29 is 18.0 Å². The Hall–Kier alpha value is -2.50. The second kappa shape index (κ2) is 7.02. The Morgan fingerprint density at radius 3 is 2.54 bits per heavy atom. The molecule has 2 aromatic carbocycles. The van der Waals surface area contributed by atoms with Gasteiger partial charge >= 0.3 is 6.03 Å². The molecule has 0 aliphatic carbocycles. The lowest BCUT2D eigenvalue weighted by Gasteiger charge is -2.26. The summed E-state index contributed by atoms with van der Waals surface area (Å²) in [4.78, 5) is 13.1. The summed E-state index contributed by atoms with van der Waals surface area (Å²) >= 11 is 0. The van der Waals surface area contributed by atoms with Gasteiger partial charge in [-0.25, -0.2) is 18.0 Å². The van der Waals surface area contributed by atoms with Crippen molar-refractivity contribution in [3.63, 3.8) is 0 Å². The maximum Gasteiger partial charge on any atom is 0.317 e. The highest BCUT2D eigenvalue weighted by atomic mass is 19.3. The lowest BCUT2D eigenvalue weighted by Crippen LogP contribution is -2.43. The first-order valence-corrected chi connectivity index (χ1v) is 8.54. The van der Waals surface area contributed by atoms with E-state index >= 15 is 4.39 Å². The molecule has 0 saturated carbocycles. The Labute approximate surface area is 150 Å². The minimum absolute atomic E-state index is 0.0384. The molecular weight excluding hydrogens is 341 g/mol. The summed E-state index contributed by atoms with van der Waals surface area (Å²) < 4.78 is 43.4. The molecule has 0 unspecified atom stereocenters. The van der Waals surface area contributed by atoms with E-state index in [9.17, 15) is 13.6 Å². The molecule has 0 aromatic heterocycles. The fourth-order valence-corrected chi connectivity index (χ4v) is 3.50. The van der Waals surface area contributed by atoms with Gasteiger partial charge in [0.05, 0.1) is 6.54 Å². The first kappa shape index (κ1) is 18.3. The van der Waals surface area contributed by atoms with Gasteiger partial charge in [0.15, 0.2) is 0 Å². The van der Waals surface area contributed by atoms with E-state index in [0.717, 1.165) is 10.5 Å². The zero-order valence-corrected chi connectivity index (χ0v) is 14.7. The normalized spacial score (nSPS) is 21.7. The van der Waals surface area contributed by atoms with Crippen molar-refractivity contribution in [2.24, 2.45) is 5.92 Å². The number of amides is 2. The van der Waals surface area contributed by atoms with Crippen molar-refractivity contribution in [2.45, 2.75) is 25.3 Å². The number of alkyl halides is 2. The number of halogens is 3. The van der Waals surface area contributed by atoms with Crippen LogP contribution >= 0.6 is 0 Å². The van der Waals surface area contributed by atoms with E-state index in [-0.39, 0.29) is 6.42 Å². The third kappa shape index (κ3) is 3.28. The summed E-state index contributed by atoms with van der Waals surface area (Å²) in [6.45, 7) is 0.755. The lowest BCUT2D eigenvalue weighted by molar-refractivity contribution is -0.0227. The van der Waals surface area contributed by atoms with Crippen LogP contribution in [0.25, 0.3) is 11.1 Å². The molecular formula is C20H21F3N2O. The minimum atomic E-state index is -3.00. The van der Waals surface area contributed by atoms with Gasteiger partial charge in [-0.15, -0.1) is 0 Å². The number of hydrogen-bond donors (Lipinski definition) is 1. The Morgan fingerprint density at radius 1 is 1.19 bits per heavy atom. The van der Waals surface area contributed by atoms with E-state index in [4.69, 9.17) is 0 Å². The number of carbonyl (C=O) groups is 1. The quantitative estimate of drug-likeness (QED) is 0.866. The Kier molecular flexibility index (Phi) is 4.94. The fourth-order valence-electron chi connectivity index (χ4n) is 3.50. The summed E-state index contributed by atoms with van der Waals surface area (Å²) in [6.07, 6.45) is 0.0384. The zero-order chi connectivity index (χ0) is 18.9. The topological polar surface area (TPSA) is 32.3 Å². The van der Waals surface area contributed by atoms with Gasteiger partial charge < -0.3 is 10.2 Å². The maximum atomic E-state index is 15.0. The molecule has 1 N–H and O–H groups in total. The smallest absolute Gasteiger partial charge is 0.317 e. The van der Waals surface area contributed by atoms with E-state index < -0.39 is 36.3 Å². The van der Waals surface area contributed by atoms with E-state index in [0.29, 0.717) is 11.1 Å². The molecule has 2 atom stereocenters. The molecule has 3 nitrogen and oxygen atoms in total. The number of nitrogens with one attached hydrogen (secondary N) is 1. The number of benzene rings is 2. The Balaban J connectivity index is 1.94.